The summed E-state index contributed by atoms with van der Waals surface area (Å²) in [4.78, 5) is 21.1. The lowest BCUT2D eigenvalue weighted by molar-refractivity contribution is 0.0975. The second kappa shape index (κ2) is 9.56. The Hall–Kier alpha value is -3.85. The molecule has 0 radical (unpaired) electrons. The Kier molecular flexibility index (Phi) is 6.56. The van der Waals surface area contributed by atoms with Gasteiger partial charge in [0.1, 0.15) is 28.7 Å². The quantitative estimate of drug-likeness (QED) is 0.397. The fourth-order valence-electron chi connectivity index (χ4n) is 3.55. The zero-order valence-electron chi connectivity index (χ0n) is 19.2. The zero-order valence-corrected chi connectivity index (χ0v) is 19.9. The first-order valence-electron chi connectivity index (χ1n) is 10.5. The molecule has 0 spiro atoms. The van der Waals surface area contributed by atoms with Gasteiger partial charge in [-0.05, 0) is 50.4 Å². The Labute approximate surface area is 201 Å². The lowest BCUT2D eigenvalue weighted by Gasteiger charge is -2.16. The summed E-state index contributed by atoms with van der Waals surface area (Å²) in [6.45, 7) is 3.97. The number of ether oxygens (including phenoxy) is 2. The lowest BCUT2D eigenvalue weighted by atomic mass is 9.99. The number of hydrogen-bond donors (Lipinski definition) is 2. The summed E-state index contributed by atoms with van der Waals surface area (Å²) in [7, 11) is 3.36. The Bertz CT molecular complexity index is 1270. The van der Waals surface area contributed by atoms with Gasteiger partial charge in [0, 0.05) is 43.3 Å². The minimum absolute atomic E-state index is 0.340. The van der Waals surface area contributed by atoms with Crippen LogP contribution in [-0.2, 0) is 6.42 Å². The van der Waals surface area contributed by atoms with Crippen molar-refractivity contribution >= 4 is 23.3 Å². The maximum absolute atomic E-state index is 13.0. The van der Waals surface area contributed by atoms with Crippen LogP contribution in [0.5, 0.6) is 17.2 Å². The molecule has 2 heterocycles. The van der Waals surface area contributed by atoms with Gasteiger partial charge < -0.3 is 24.6 Å². The van der Waals surface area contributed by atoms with Crippen LogP contribution in [0.25, 0.3) is 11.4 Å². The van der Waals surface area contributed by atoms with Crippen molar-refractivity contribution in [1.82, 2.24) is 20.8 Å². The summed E-state index contributed by atoms with van der Waals surface area (Å²) in [5, 5.41) is 9.87. The van der Waals surface area contributed by atoms with Gasteiger partial charge in [-0.25, -0.2) is 0 Å². The molecule has 1 aliphatic heterocycles. The fourth-order valence-corrected chi connectivity index (χ4v) is 3.80. The number of amidine groups is 1. The van der Waals surface area contributed by atoms with E-state index in [1.54, 1.807) is 56.7 Å². The van der Waals surface area contributed by atoms with Crippen molar-refractivity contribution in [3.8, 4) is 28.6 Å². The minimum Gasteiger partial charge on any atom is -0.487 e. The summed E-state index contributed by atoms with van der Waals surface area (Å²) >= 11 is 6.43. The van der Waals surface area contributed by atoms with Gasteiger partial charge in [0.15, 0.2) is 0 Å². The molecular formula is C24H24ClN5O4. The van der Waals surface area contributed by atoms with Crippen LogP contribution in [0.4, 0.5) is 0 Å². The second-order valence-corrected chi connectivity index (χ2v) is 8.58. The van der Waals surface area contributed by atoms with Crippen LogP contribution in [0.1, 0.15) is 29.8 Å². The van der Waals surface area contributed by atoms with E-state index in [9.17, 15) is 4.79 Å². The van der Waals surface area contributed by atoms with Crippen LogP contribution in [0.2, 0.25) is 5.02 Å². The fraction of sp³-hybridized carbons (Fsp3) is 0.250. The number of benzene rings is 2. The highest BCUT2D eigenvalue weighted by Crippen LogP contribution is 2.43. The van der Waals surface area contributed by atoms with Crippen molar-refractivity contribution < 1.29 is 18.8 Å². The number of carbonyl (C=O) groups excluding carboxylic acids is 1. The molecule has 1 aliphatic rings. The number of hydrogen-bond acceptors (Lipinski definition) is 8. The number of amides is 1. The van der Waals surface area contributed by atoms with Crippen molar-refractivity contribution in [2.75, 3.05) is 14.1 Å². The van der Waals surface area contributed by atoms with E-state index in [4.69, 9.17) is 25.6 Å². The molecule has 1 amide bonds. The average Bonchev–Trinajstić information content (AvgIpc) is 3.43. The highest BCUT2D eigenvalue weighted by molar-refractivity contribution is 6.33. The lowest BCUT2D eigenvalue weighted by Crippen LogP contribution is -2.29. The van der Waals surface area contributed by atoms with Gasteiger partial charge >= 0.3 is 0 Å². The molecule has 0 fully saturated rings. The molecule has 2 aromatic carbocycles. The van der Waals surface area contributed by atoms with Crippen molar-refractivity contribution in [2.45, 2.75) is 25.9 Å². The van der Waals surface area contributed by atoms with Crippen LogP contribution in [0, 0.1) is 0 Å². The van der Waals surface area contributed by atoms with E-state index in [-0.39, 0.29) is 5.91 Å². The van der Waals surface area contributed by atoms with Crippen LogP contribution < -0.4 is 20.1 Å². The predicted octanol–water partition coefficient (Wildman–Crippen LogP) is 4.39. The first-order chi connectivity index (χ1) is 16.3. The third-order valence-electron chi connectivity index (χ3n) is 5.08. The number of nitrogens with one attached hydrogen (secondary N) is 2. The maximum atomic E-state index is 13.0. The predicted molar refractivity (Wildman–Crippen MR) is 129 cm³/mol. The van der Waals surface area contributed by atoms with E-state index in [0.29, 0.717) is 51.5 Å². The number of nitrogens with zero attached hydrogens (tertiary/aromatic N) is 3. The van der Waals surface area contributed by atoms with E-state index in [1.807, 2.05) is 13.8 Å². The van der Waals surface area contributed by atoms with Gasteiger partial charge in [0.2, 0.25) is 12.2 Å². The van der Waals surface area contributed by atoms with E-state index < -0.39 is 5.60 Å². The Morgan fingerprint density at radius 3 is 2.79 bits per heavy atom. The smallest absolute Gasteiger partial charge is 0.257 e. The molecule has 34 heavy (non-hydrogen) atoms. The summed E-state index contributed by atoms with van der Waals surface area (Å²) in [5.74, 6) is 2.06. The van der Waals surface area contributed by atoms with Gasteiger partial charge in [0.25, 0.3) is 5.91 Å². The molecule has 3 aromatic rings. The SMILES string of the molecule is C/N=C(\C=C/NC)NC(=O)c1cc(Oc2ccc(-c3ncon3)c(Cl)c2)c2c(c1)OC(C)(C)C2. The largest absolute Gasteiger partial charge is 0.487 e. The normalized spacial score (nSPS) is 14.6. The summed E-state index contributed by atoms with van der Waals surface area (Å²) in [6, 6.07) is 8.57. The molecule has 4 rings (SSSR count). The molecule has 0 atom stereocenters. The number of rotatable bonds is 6. The maximum Gasteiger partial charge on any atom is 0.257 e. The molecule has 10 heteroatoms. The Balaban J connectivity index is 1.66. The third kappa shape index (κ3) is 5.04. The summed E-state index contributed by atoms with van der Waals surface area (Å²) in [5.41, 5.74) is 1.44. The van der Waals surface area contributed by atoms with Gasteiger partial charge in [0.05, 0.1) is 5.02 Å². The molecule has 0 bridgehead atoms. The summed E-state index contributed by atoms with van der Waals surface area (Å²) in [6.07, 6.45) is 5.20. The highest BCUT2D eigenvalue weighted by Gasteiger charge is 2.34. The molecule has 0 saturated heterocycles. The zero-order chi connectivity index (χ0) is 24.3. The van der Waals surface area contributed by atoms with Crippen LogP contribution in [-0.4, -0.2) is 41.6 Å². The number of halogens is 1. The van der Waals surface area contributed by atoms with Crippen LogP contribution >= 0.6 is 11.6 Å². The standard InChI is InChI=1S/C24H24ClN5O4/c1-24(2)12-17-19(33-15-5-6-16(18(25)11-15)22-28-13-32-30-22)9-14(10-20(17)34-24)23(31)29-21(27-4)7-8-26-3/h5-11,13,26H,12H2,1-4H3,(H,27,29,31)/b8-7-. The average molecular weight is 482 g/mol. The molecular weight excluding hydrogens is 458 g/mol. The first-order valence-corrected chi connectivity index (χ1v) is 10.9. The molecule has 0 saturated carbocycles. The van der Waals surface area contributed by atoms with E-state index >= 15 is 0 Å². The molecule has 0 aliphatic carbocycles. The number of aliphatic imine (C=N–C) groups is 1. The van der Waals surface area contributed by atoms with Crippen molar-refractivity contribution in [2.24, 2.45) is 4.99 Å². The number of fused-ring (bicyclic) bond motifs is 1. The topological polar surface area (TPSA) is 111 Å². The monoisotopic (exact) mass is 481 g/mol. The summed E-state index contributed by atoms with van der Waals surface area (Å²) < 4.78 is 17.1. The van der Waals surface area contributed by atoms with Gasteiger partial charge in [-0.3, -0.25) is 9.79 Å². The molecule has 9 nitrogen and oxygen atoms in total. The van der Waals surface area contributed by atoms with Gasteiger partial charge in [-0.1, -0.05) is 16.8 Å². The Morgan fingerprint density at radius 1 is 1.29 bits per heavy atom. The minimum atomic E-state index is -0.429. The van der Waals surface area contributed by atoms with Crippen LogP contribution in [0.3, 0.4) is 0 Å². The first kappa shape index (κ1) is 23.3. The molecule has 1 aromatic heterocycles. The Morgan fingerprint density at radius 2 is 2.12 bits per heavy atom. The van der Waals surface area contributed by atoms with Crippen molar-refractivity contribution in [3.63, 3.8) is 0 Å². The second-order valence-electron chi connectivity index (χ2n) is 8.17. The molecule has 2 N–H and O–H groups in total. The van der Waals surface area contributed by atoms with Crippen molar-refractivity contribution in [1.29, 1.82) is 0 Å². The van der Waals surface area contributed by atoms with Crippen LogP contribution in [0.15, 0.2) is 58.5 Å². The highest BCUT2D eigenvalue weighted by atomic mass is 35.5. The number of carbonyl (C=O) groups is 1. The molecule has 176 valence electrons. The molecule has 0 unspecified atom stereocenters. The van der Waals surface area contributed by atoms with Gasteiger partial charge in [-0.15, -0.1) is 0 Å². The van der Waals surface area contributed by atoms with E-state index in [1.165, 1.54) is 6.39 Å². The third-order valence-corrected chi connectivity index (χ3v) is 5.39. The van der Waals surface area contributed by atoms with E-state index in [2.05, 4.69) is 25.8 Å². The van der Waals surface area contributed by atoms with Crippen molar-refractivity contribution in [3.05, 3.63) is 65.2 Å². The van der Waals surface area contributed by atoms with E-state index in [0.717, 1.165) is 5.56 Å². The van der Waals surface area contributed by atoms with Gasteiger partial charge in [-0.2, -0.15) is 4.98 Å². The number of aromatic nitrogens is 2.